The van der Waals surface area contributed by atoms with Crippen molar-refractivity contribution in [2.24, 2.45) is 0 Å². The van der Waals surface area contributed by atoms with Crippen LogP contribution >= 0.6 is 0 Å². The molecule has 0 bridgehead atoms. The number of aromatic nitrogens is 1. The number of aryl methyl sites for hydroxylation is 1. The van der Waals surface area contributed by atoms with E-state index in [-0.39, 0.29) is 12.4 Å². The minimum Gasteiger partial charge on any atom is -1.00 e. The summed E-state index contributed by atoms with van der Waals surface area (Å²) in [6.45, 7) is 2.22. The molecule has 1 N–H and O–H groups in total. The Bertz CT molecular complexity index is 817. The number of halogens is 1. The van der Waals surface area contributed by atoms with Crippen LogP contribution < -0.4 is 12.4 Å². The lowest BCUT2D eigenvalue weighted by molar-refractivity contribution is -0.870. The van der Waals surface area contributed by atoms with Crippen molar-refractivity contribution in [3.8, 4) is 5.75 Å². The van der Waals surface area contributed by atoms with Gasteiger partial charge in [0, 0.05) is 28.9 Å². The van der Waals surface area contributed by atoms with Crippen LogP contribution in [0.5, 0.6) is 5.75 Å². The van der Waals surface area contributed by atoms with Gasteiger partial charge in [0.15, 0.2) is 0 Å². The summed E-state index contributed by atoms with van der Waals surface area (Å²) in [5.74, 6) is 0.339. The fraction of sp³-hybridized carbons (Fsp3) is 0.400. The number of para-hydroxylation sites is 1. The lowest BCUT2D eigenvalue weighted by Crippen LogP contribution is -3.00. The zero-order valence-corrected chi connectivity index (χ0v) is 15.6. The highest BCUT2D eigenvalue weighted by Gasteiger charge is 2.11. The normalized spacial score (nSPS) is 11.8. The van der Waals surface area contributed by atoms with Gasteiger partial charge in [0.25, 0.3) is 0 Å². The monoisotopic (exact) mass is 346 g/mol. The SMILES string of the molecule is C[N+](C)(C)CCCCCn1c2ccccc2c2ccc(O)cc21.[Cl-]. The summed E-state index contributed by atoms with van der Waals surface area (Å²) in [6.07, 6.45) is 3.66. The largest absolute Gasteiger partial charge is 1.00 e. The van der Waals surface area contributed by atoms with Crippen LogP contribution in [0.4, 0.5) is 0 Å². The Labute approximate surface area is 150 Å². The Kier molecular flexibility index (Phi) is 5.79. The number of rotatable bonds is 6. The molecule has 4 heteroatoms. The predicted octanol–water partition coefficient (Wildman–Crippen LogP) is 1.38. The van der Waals surface area contributed by atoms with Gasteiger partial charge in [-0.15, -0.1) is 0 Å². The first kappa shape index (κ1) is 18.6. The predicted molar refractivity (Wildman–Crippen MR) is 97.9 cm³/mol. The third-order valence-electron chi connectivity index (χ3n) is 4.47. The van der Waals surface area contributed by atoms with E-state index in [4.69, 9.17) is 0 Å². The average Bonchev–Trinajstić information content (AvgIpc) is 2.79. The Balaban J connectivity index is 0.00000208. The number of hydrogen-bond donors (Lipinski definition) is 1. The van der Waals surface area contributed by atoms with E-state index in [0.717, 1.165) is 16.5 Å². The molecule has 0 fully saturated rings. The van der Waals surface area contributed by atoms with Crippen LogP contribution in [0.15, 0.2) is 42.5 Å². The van der Waals surface area contributed by atoms with E-state index in [1.165, 1.54) is 42.1 Å². The number of unbranched alkanes of at least 4 members (excludes halogenated alkanes) is 2. The Morgan fingerprint density at radius 1 is 0.875 bits per heavy atom. The van der Waals surface area contributed by atoms with Crippen LogP contribution in [0.1, 0.15) is 19.3 Å². The smallest absolute Gasteiger partial charge is 0.117 e. The van der Waals surface area contributed by atoms with Gasteiger partial charge in [-0.25, -0.2) is 0 Å². The lowest BCUT2D eigenvalue weighted by atomic mass is 10.1. The molecule has 0 unspecified atom stereocenters. The molecule has 130 valence electrons. The average molecular weight is 347 g/mol. The van der Waals surface area contributed by atoms with Gasteiger partial charge in [0.2, 0.25) is 0 Å². The van der Waals surface area contributed by atoms with Crippen molar-refractivity contribution in [1.29, 1.82) is 0 Å². The van der Waals surface area contributed by atoms with Crippen molar-refractivity contribution in [1.82, 2.24) is 4.57 Å². The van der Waals surface area contributed by atoms with Gasteiger partial charge in [-0.1, -0.05) is 18.2 Å². The summed E-state index contributed by atoms with van der Waals surface area (Å²) in [4.78, 5) is 0. The molecule has 0 radical (unpaired) electrons. The second kappa shape index (κ2) is 7.45. The van der Waals surface area contributed by atoms with Crippen LogP contribution in [-0.4, -0.2) is 41.8 Å². The van der Waals surface area contributed by atoms with Crippen LogP contribution in [-0.2, 0) is 6.54 Å². The first-order valence-electron chi connectivity index (χ1n) is 8.46. The molecule has 0 aliphatic rings. The second-order valence-corrected chi connectivity index (χ2v) is 7.44. The van der Waals surface area contributed by atoms with Crippen molar-refractivity contribution < 1.29 is 22.0 Å². The van der Waals surface area contributed by atoms with Crippen molar-refractivity contribution in [3.63, 3.8) is 0 Å². The first-order chi connectivity index (χ1) is 11.0. The maximum atomic E-state index is 9.86. The topological polar surface area (TPSA) is 25.2 Å². The van der Waals surface area contributed by atoms with E-state index in [0.29, 0.717) is 5.75 Å². The van der Waals surface area contributed by atoms with Gasteiger partial charge in [0.05, 0.1) is 33.2 Å². The molecule has 0 aliphatic heterocycles. The number of fused-ring (bicyclic) bond motifs is 3. The maximum Gasteiger partial charge on any atom is 0.117 e. The molecule has 1 heterocycles. The van der Waals surface area contributed by atoms with Crippen molar-refractivity contribution in [2.45, 2.75) is 25.8 Å². The standard InChI is InChI=1S/C20H26N2O.ClH/c1-22(2,3)14-8-4-7-13-21-19-10-6-5-9-17(19)18-12-11-16(23)15-20(18)21;/h5-6,9-12,15H,4,7-8,13-14H2,1-3H3;1H. The van der Waals surface area contributed by atoms with Crippen LogP contribution in [0.25, 0.3) is 21.8 Å². The number of aromatic hydroxyl groups is 1. The molecule has 0 saturated carbocycles. The first-order valence-corrected chi connectivity index (χ1v) is 8.46. The fourth-order valence-corrected chi connectivity index (χ4v) is 3.31. The number of phenols is 1. The molecule has 0 saturated heterocycles. The van der Waals surface area contributed by atoms with Crippen molar-refractivity contribution in [2.75, 3.05) is 27.7 Å². The molecular weight excluding hydrogens is 320 g/mol. The minimum absolute atomic E-state index is 0. The molecule has 3 aromatic rings. The molecule has 1 aromatic heterocycles. The summed E-state index contributed by atoms with van der Waals surface area (Å²) in [5.41, 5.74) is 2.40. The van der Waals surface area contributed by atoms with E-state index >= 15 is 0 Å². The number of hydrogen-bond acceptors (Lipinski definition) is 1. The van der Waals surface area contributed by atoms with E-state index < -0.39 is 0 Å². The van der Waals surface area contributed by atoms with Gasteiger partial charge >= 0.3 is 0 Å². The van der Waals surface area contributed by atoms with Gasteiger partial charge in [-0.05, 0) is 37.5 Å². The number of quaternary nitrogens is 1. The molecule has 3 rings (SSSR count). The van der Waals surface area contributed by atoms with Crippen molar-refractivity contribution in [3.05, 3.63) is 42.5 Å². The molecule has 24 heavy (non-hydrogen) atoms. The second-order valence-electron chi connectivity index (χ2n) is 7.44. The van der Waals surface area contributed by atoms with Crippen LogP contribution in [0.2, 0.25) is 0 Å². The lowest BCUT2D eigenvalue weighted by Gasteiger charge is -2.23. The molecule has 0 atom stereocenters. The highest BCUT2D eigenvalue weighted by molar-refractivity contribution is 6.08. The zero-order chi connectivity index (χ0) is 16.4. The van der Waals surface area contributed by atoms with E-state index in [1.54, 1.807) is 6.07 Å². The summed E-state index contributed by atoms with van der Waals surface area (Å²) in [7, 11) is 6.74. The molecular formula is C20H27ClN2O. The van der Waals surface area contributed by atoms with Gasteiger partial charge < -0.3 is 26.6 Å². The van der Waals surface area contributed by atoms with Gasteiger partial charge in [-0.2, -0.15) is 0 Å². The number of benzene rings is 2. The molecule has 2 aromatic carbocycles. The Hall–Kier alpha value is -1.71. The highest BCUT2D eigenvalue weighted by Crippen LogP contribution is 2.31. The third-order valence-corrected chi connectivity index (χ3v) is 4.47. The summed E-state index contributed by atoms with van der Waals surface area (Å²) < 4.78 is 3.39. The van der Waals surface area contributed by atoms with E-state index in [2.05, 4.69) is 50.0 Å². The Morgan fingerprint density at radius 3 is 2.33 bits per heavy atom. The molecule has 0 spiro atoms. The molecule has 3 nitrogen and oxygen atoms in total. The number of phenolic OH excluding ortho intramolecular Hbond substituents is 1. The van der Waals surface area contributed by atoms with Crippen LogP contribution in [0, 0.1) is 0 Å². The Morgan fingerprint density at radius 2 is 1.58 bits per heavy atom. The van der Waals surface area contributed by atoms with Crippen LogP contribution in [0.3, 0.4) is 0 Å². The maximum absolute atomic E-state index is 9.86. The fourth-order valence-electron chi connectivity index (χ4n) is 3.31. The highest BCUT2D eigenvalue weighted by atomic mass is 35.5. The zero-order valence-electron chi connectivity index (χ0n) is 14.8. The van der Waals surface area contributed by atoms with E-state index in [1.807, 2.05) is 12.1 Å². The number of nitrogens with zero attached hydrogens (tertiary/aromatic N) is 2. The third kappa shape index (κ3) is 4.03. The van der Waals surface area contributed by atoms with Gasteiger partial charge in [-0.3, -0.25) is 0 Å². The quantitative estimate of drug-likeness (QED) is 0.529. The van der Waals surface area contributed by atoms with E-state index in [9.17, 15) is 5.11 Å². The summed E-state index contributed by atoms with van der Waals surface area (Å²) >= 11 is 0. The summed E-state index contributed by atoms with van der Waals surface area (Å²) in [5, 5.41) is 12.4. The van der Waals surface area contributed by atoms with Crippen molar-refractivity contribution >= 4 is 21.8 Å². The molecule has 0 amide bonds. The minimum atomic E-state index is 0. The summed E-state index contributed by atoms with van der Waals surface area (Å²) in [6, 6.07) is 14.2. The van der Waals surface area contributed by atoms with Gasteiger partial charge in [0.1, 0.15) is 5.75 Å². The molecule has 0 aliphatic carbocycles.